The summed E-state index contributed by atoms with van der Waals surface area (Å²) >= 11 is 0. The number of pyridine rings is 2. The molecule has 238 valence electrons. The van der Waals surface area contributed by atoms with E-state index in [1.165, 1.54) is 0 Å². The van der Waals surface area contributed by atoms with E-state index >= 15 is 0 Å². The number of rotatable bonds is 1. The van der Waals surface area contributed by atoms with Crippen molar-refractivity contribution in [3.05, 3.63) is 152 Å². The number of phenolic OH excluding ortho intramolecular Hbond substituents is 1. The van der Waals surface area contributed by atoms with Crippen molar-refractivity contribution in [2.45, 2.75) is 0 Å². The van der Waals surface area contributed by atoms with Crippen LogP contribution in [-0.2, 0) is 21.1 Å². The van der Waals surface area contributed by atoms with Gasteiger partial charge >= 0.3 is 0 Å². The number of hydrogen-bond acceptors (Lipinski definition) is 3. The Morgan fingerprint density at radius 1 is 0.520 bits per heavy atom. The van der Waals surface area contributed by atoms with Crippen molar-refractivity contribution in [1.29, 1.82) is 0 Å². The molecule has 0 saturated heterocycles. The monoisotopic (exact) mass is 820 g/mol. The molecule has 0 aliphatic heterocycles. The van der Waals surface area contributed by atoms with Gasteiger partial charge < -0.3 is 14.1 Å². The van der Waals surface area contributed by atoms with Crippen LogP contribution in [0.25, 0.3) is 99.7 Å². The van der Waals surface area contributed by atoms with E-state index in [1.807, 2.05) is 18.3 Å². The summed E-state index contributed by atoms with van der Waals surface area (Å²) < 4.78 is 4.45. The van der Waals surface area contributed by atoms with Crippen LogP contribution in [-0.4, -0.2) is 24.0 Å². The van der Waals surface area contributed by atoms with Gasteiger partial charge in [-0.05, 0) is 58.1 Å². The summed E-state index contributed by atoms with van der Waals surface area (Å²) in [5.41, 5.74) is 12.8. The molecule has 6 aromatic carbocycles. The quantitative estimate of drug-likeness (QED) is 0.133. The van der Waals surface area contributed by atoms with Crippen LogP contribution >= 0.6 is 0 Å². The Labute approximate surface area is 301 Å². The minimum Gasteiger partial charge on any atom is -0.507 e. The molecule has 4 aromatic heterocycles. The van der Waals surface area contributed by atoms with E-state index in [0.29, 0.717) is 5.65 Å². The van der Waals surface area contributed by atoms with Crippen molar-refractivity contribution >= 4 is 49.3 Å². The normalized spacial score (nSPS) is 11.9. The van der Waals surface area contributed by atoms with Crippen LogP contribution in [0.3, 0.4) is 0 Å². The molecule has 4 heterocycles. The average Bonchev–Trinajstić information content (AvgIpc) is 3.71. The summed E-state index contributed by atoms with van der Waals surface area (Å²) in [5.74, 6) is 0.206. The van der Waals surface area contributed by atoms with E-state index in [9.17, 15) is 5.11 Å². The van der Waals surface area contributed by atoms with Gasteiger partial charge in [0.15, 0.2) is 0 Å². The molecule has 6 heteroatoms. The molecule has 1 aliphatic carbocycles. The van der Waals surface area contributed by atoms with Gasteiger partial charge in [-0.15, -0.1) is 23.8 Å². The molecular weight excluding hydrogens is 796 g/mol. The molecule has 50 heavy (non-hydrogen) atoms. The average molecular weight is 821 g/mol. The molecule has 0 radical (unpaired) electrons. The van der Waals surface area contributed by atoms with Crippen molar-refractivity contribution in [2.24, 2.45) is 0 Å². The van der Waals surface area contributed by atoms with Crippen LogP contribution in [0.4, 0.5) is 0 Å². The van der Waals surface area contributed by atoms with Gasteiger partial charge in [-0.3, -0.25) is 4.98 Å². The Balaban J connectivity index is 0.00000316. The van der Waals surface area contributed by atoms with Crippen LogP contribution in [0.5, 0.6) is 5.75 Å². The van der Waals surface area contributed by atoms with E-state index < -0.39 is 0 Å². The molecule has 11 rings (SSSR count). The fourth-order valence-electron chi connectivity index (χ4n) is 8.08. The van der Waals surface area contributed by atoms with Crippen molar-refractivity contribution < 1.29 is 26.2 Å². The molecule has 0 fully saturated rings. The van der Waals surface area contributed by atoms with Gasteiger partial charge in [0.2, 0.25) is 0 Å². The number of para-hydroxylation sites is 2. The Kier molecular flexibility index (Phi) is 6.21. The van der Waals surface area contributed by atoms with Gasteiger partial charge in [-0.1, -0.05) is 108 Å². The molecule has 0 bridgehead atoms. The van der Waals surface area contributed by atoms with Crippen LogP contribution in [0, 0.1) is 6.07 Å². The van der Waals surface area contributed by atoms with Gasteiger partial charge in [0.1, 0.15) is 17.0 Å². The van der Waals surface area contributed by atoms with Crippen LogP contribution in [0.2, 0.25) is 0 Å². The van der Waals surface area contributed by atoms with Crippen molar-refractivity contribution in [3.8, 4) is 56.2 Å². The number of hydrogen-bond donors (Lipinski definition) is 1. The second kappa shape index (κ2) is 10.7. The summed E-state index contributed by atoms with van der Waals surface area (Å²) in [4.78, 5) is 10.4. The number of aromatic nitrogens is 4. The number of benzene rings is 6. The van der Waals surface area contributed by atoms with E-state index in [-0.39, 0.29) is 26.8 Å². The second-order valence-corrected chi connectivity index (χ2v) is 12.6. The first kappa shape index (κ1) is 28.9. The third-order valence-electron chi connectivity index (χ3n) is 10.1. The second-order valence-electron chi connectivity index (χ2n) is 12.6. The topological polar surface area (TPSA) is 55.4 Å². The number of nitrogens with zero attached hydrogens (tertiary/aromatic N) is 4. The Morgan fingerprint density at radius 3 is 1.94 bits per heavy atom. The predicted molar refractivity (Wildman–Crippen MR) is 198 cm³/mol. The first-order chi connectivity index (χ1) is 24.3. The zero-order valence-electron chi connectivity index (χ0n) is 26.4. The Bertz CT molecular complexity index is 2980. The molecule has 5 nitrogen and oxygen atoms in total. The van der Waals surface area contributed by atoms with Gasteiger partial charge in [0.25, 0.3) is 0 Å². The SMILES string of the molecule is Oc1cccc2c3ccccc3n3c4c(nc3c12)-c1[c-]c(-n2c3ccccc3c3cccnc32)ccc1-c1ccccc1-c1ccccc1-4.[Pt]. The van der Waals surface area contributed by atoms with Crippen molar-refractivity contribution in [1.82, 2.24) is 18.9 Å². The van der Waals surface area contributed by atoms with E-state index in [2.05, 4.69) is 136 Å². The summed E-state index contributed by atoms with van der Waals surface area (Å²) in [6, 6.07) is 52.1. The van der Waals surface area contributed by atoms with Crippen molar-refractivity contribution in [2.75, 3.05) is 0 Å². The minimum absolute atomic E-state index is 0. The van der Waals surface area contributed by atoms with Crippen molar-refractivity contribution in [3.63, 3.8) is 0 Å². The Morgan fingerprint density at radius 2 is 1.14 bits per heavy atom. The van der Waals surface area contributed by atoms with Crippen LogP contribution < -0.4 is 0 Å². The first-order valence-corrected chi connectivity index (χ1v) is 16.4. The predicted octanol–water partition coefficient (Wildman–Crippen LogP) is 10.6. The Hall–Kier alpha value is -6.03. The summed E-state index contributed by atoms with van der Waals surface area (Å²) in [7, 11) is 0. The van der Waals surface area contributed by atoms with Crippen LogP contribution in [0.15, 0.2) is 146 Å². The van der Waals surface area contributed by atoms with Crippen LogP contribution in [0.1, 0.15) is 0 Å². The van der Waals surface area contributed by atoms with E-state index in [0.717, 1.165) is 94.1 Å². The summed E-state index contributed by atoms with van der Waals surface area (Å²) in [6.07, 6.45) is 1.85. The third-order valence-corrected chi connectivity index (χ3v) is 10.1. The maximum Gasteiger partial charge on any atom is 0.144 e. The molecule has 0 unspecified atom stereocenters. The molecule has 0 saturated carbocycles. The maximum atomic E-state index is 11.4. The zero-order chi connectivity index (χ0) is 32.2. The number of imidazole rings is 1. The summed E-state index contributed by atoms with van der Waals surface area (Å²) in [5, 5.41) is 16.4. The minimum atomic E-state index is 0. The number of aromatic hydroxyl groups is 1. The molecule has 0 atom stereocenters. The molecule has 1 N–H and O–H groups in total. The summed E-state index contributed by atoms with van der Waals surface area (Å²) in [6.45, 7) is 0. The molecule has 0 spiro atoms. The molecular formula is C44H25N4OPt-. The van der Waals surface area contributed by atoms with E-state index in [1.54, 1.807) is 6.07 Å². The van der Waals surface area contributed by atoms with Gasteiger partial charge in [-0.25, -0.2) is 4.98 Å². The largest absolute Gasteiger partial charge is 0.507 e. The van der Waals surface area contributed by atoms with Gasteiger partial charge in [0, 0.05) is 54.8 Å². The number of phenols is 1. The number of fused-ring (bicyclic) bond motifs is 18. The first-order valence-electron chi connectivity index (χ1n) is 16.4. The maximum absolute atomic E-state index is 11.4. The standard InChI is InChI=1S/C44H25N4O.Pt/c49-39-21-9-17-33-31-14-5-8-20-38(31)48-42-34-16-4-3-13-29(34)27-11-1-2-12-28(27)30-23-22-26(25-36(30)41(42)46-44(48)40(33)39)47-37-19-7-6-15-32(37)35-18-10-24-45-43(35)47;/h1-24,49H;/q-1;. The van der Waals surface area contributed by atoms with Gasteiger partial charge in [-0.2, -0.15) is 0 Å². The molecule has 1 aliphatic rings. The smallest absolute Gasteiger partial charge is 0.144 e. The van der Waals surface area contributed by atoms with E-state index in [4.69, 9.17) is 9.97 Å². The third kappa shape index (κ3) is 3.81. The molecule has 10 aromatic rings. The molecule has 0 amide bonds. The fourth-order valence-corrected chi connectivity index (χ4v) is 8.08. The zero-order valence-corrected chi connectivity index (χ0v) is 28.7. The van der Waals surface area contributed by atoms with Gasteiger partial charge in [0.05, 0.1) is 16.4 Å². The fraction of sp³-hybridized carbons (Fsp3) is 0.